The number of carbonyl (C=O) groups excluding carboxylic acids is 1. The van der Waals surface area contributed by atoms with Crippen LogP contribution in [0.5, 0.6) is 0 Å². The van der Waals surface area contributed by atoms with Crippen LogP contribution in [0.1, 0.15) is 57.7 Å². The van der Waals surface area contributed by atoms with Gasteiger partial charge in [-0.3, -0.25) is 4.79 Å². The smallest absolute Gasteiger partial charge is 0.226 e. The van der Waals surface area contributed by atoms with Gasteiger partial charge < -0.3 is 20.9 Å². The third-order valence-electron chi connectivity index (χ3n) is 5.70. The number of hydrogen-bond donors (Lipinski definition) is 3. The Morgan fingerprint density at radius 3 is 2.44 bits per heavy atom. The van der Waals surface area contributed by atoms with Crippen LogP contribution in [0.2, 0.25) is 0 Å². The molecule has 6 nitrogen and oxygen atoms in total. The Balaban J connectivity index is 1.62. The van der Waals surface area contributed by atoms with E-state index < -0.39 is 0 Å². The molecule has 6 heteroatoms. The molecule has 1 saturated heterocycles. The second-order valence-electron chi connectivity index (χ2n) is 8.69. The van der Waals surface area contributed by atoms with E-state index in [4.69, 9.17) is 4.99 Å². The number of carbonyl (C=O) groups is 1. The Morgan fingerprint density at radius 1 is 1.06 bits per heavy atom. The Hall–Kier alpha value is -3.02. The SMILES string of the molecule is CCNC(=NCc1ccc(NC(=O)C(C)C)cc1)NC(C)c1cccc(N2CCCC2)c1. The second kappa shape index (κ2) is 11.6. The highest BCUT2D eigenvalue weighted by molar-refractivity contribution is 5.92. The number of rotatable bonds is 8. The van der Waals surface area contributed by atoms with Crippen LogP contribution >= 0.6 is 0 Å². The first-order chi connectivity index (χ1) is 15.5. The summed E-state index contributed by atoms with van der Waals surface area (Å²) in [6.45, 7) is 11.7. The molecule has 0 bridgehead atoms. The van der Waals surface area contributed by atoms with Gasteiger partial charge in [0.15, 0.2) is 5.96 Å². The number of benzene rings is 2. The van der Waals surface area contributed by atoms with Gasteiger partial charge in [-0.25, -0.2) is 4.99 Å². The number of nitrogens with one attached hydrogen (secondary N) is 3. The van der Waals surface area contributed by atoms with Crippen LogP contribution in [0.25, 0.3) is 0 Å². The molecule has 1 fully saturated rings. The molecule has 1 unspecified atom stereocenters. The van der Waals surface area contributed by atoms with Gasteiger partial charge in [0.1, 0.15) is 0 Å². The summed E-state index contributed by atoms with van der Waals surface area (Å²) in [6, 6.07) is 16.8. The van der Waals surface area contributed by atoms with Crippen molar-refractivity contribution in [2.75, 3.05) is 29.9 Å². The first-order valence-corrected chi connectivity index (χ1v) is 11.8. The van der Waals surface area contributed by atoms with Crippen LogP contribution in [-0.2, 0) is 11.3 Å². The number of anilines is 2. The summed E-state index contributed by atoms with van der Waals surface area (Å²) < 4.78 is 0. The minimum absolute atomic E-state index is 0.0252. The van der Waals surface area contributed by atoms with Crippen molar-refractivity contribution < 1.29 is 4.79 Å². The Bertz CT molecular complexity index is 901. The topological polar surface area (TPSA) is 68.8 Å². The minimum Gasteiger partial charge on any atom is -0.372 e. The van der Waals surface area contributed by atoms with E-state index in [0.717, 1.165) is 36.8 Å². The van der Waals surface area contributed by atoms with Gasteiger partial charge in [-0.05, 0) is 62.1 Å². The summed E-state index contributed by atoms with van der Waals surface area (Å²) in [6.07, 6.45) is 2.56. The van der Waals surface area contributed by atoms with Gasteiger partial charge in [0, 0.05) is 36.9 Å². The molecule has 172 valence electrons. The zero-order chi connectivity index (χ0) is 22.9. The number of nitrogens with zero attached hydrogens (tertiary/aromatic N) is 2. The van der Waals surface area contributed by atoms with E-state index in [-0.39, 0.29) is 17.9 Å². The highest BCUT2D eigenvalue weighted by Gasteiger charge is 2.14. The largest absolute Gasteiger partial charge is 0.372 e. The number of hydrogen-bond acceptors (Lipinski definition) is 3. The number of guanidine groups is 1. The Kier molecular flexibility index (Phi) is 8.54. The maximum atomic E-state index is 11.8. The minimum atomic E-state index is -0.0361. The molecule has 1 heterocycles. The van der Waals surface area contributed by atoms with E-state index in [9.17, 15) is 4.79 Å². The van der Waals surface area contributed by atoms with E-state index >= 15 is 0 Å². The zero-order valence-corrected chi connectivity index (χ0v) is 19.8. The lowest BCUT2D eigenvalue weighted by Crippen LogP contribution is -2.38. The highest BCUT2D eigenvalue weighted by atomic mass is 16.1. The van der Waals surface area contributed by atoms with E-state index in [0.29, 0.717) is 6.54 Å². The van der Waals surface area contributed by atoms with Crippen molar-refractivity contribution in [3.05, 3.63) is 59.7 Å². The molecule has 3 N–H and O–H groups in total. The lowest BCUT2D eigenvalue weighted by molar-refractivity contribution is -0.118. The molecule has 0 saturated carbocycles. The van der Waals surface area contributed by atoms with Crippen molar-refractivity contribution in [3.63, 3.8) is 0 Å². The summed E-state index contributed by atoms with van der Waals surface area (Å²) in [7, 11) is 0. The van der Waals surface area contributed by atoms with Crippen LogP contribution < -0.4 is 20.9 Å². The predicted molar refractivity (Wildman–Crippen MR) is 134 cm³/mol. The average Bonchev–Trinajstić information content (AvgIpc) is 3.33. The molecular formula is C26H37N5O. The van der Waals surface area contributed by atoms with Gasteiger partial charge in [0.25, 0.3) is 0 Å². The van der Waals surface area contributed by atoms with Crippen LogP contribution in [-0.4, -0.2) is 31.5 Å². The van der Waals surface area contributed by atoms with Crippen molar-refractivity contribution in [2.24, 2.45) is 10.9 Å². The van der Waals surface area contributed by atoms with Crippen LogP contribution in [0.15, 0.2) is 53.5 Å². The third-order valence-corrected chi connectivity index (χ3v) is 5.70. The monoisotopic (exact) mass is 435 g/mol. The molecule has 1 atom stereocenters. The number of amides is 1. The average molecular weight is 436 g/mol. The first-order valence-electron chi connectivity index (χ1n) is 11.8. The molecule has 0 aliphatic carbocycles. The lowest BCUT2D eigenvalue weighted by atomic mass is 10.1. The first kappa shape index (κ1) is 23.6. The fourth-order valence-electron chi connectivity index (χ4n) is 3.73. The van der Waals surface area contributed by atoms with Crippen LogP contribution in [0, 0.1) is 5.92 Å². The zero-order valence-electron chi connectivity index (χ0n) is 19.8. The Morgan fingerprint density at radius 2 is 1.78 bits per heavy atom. The summed E-state index contributed by atoms with van der Waals surface area (Å²) in [5.41, 5.74) is 4.46. The van der Waals surface area contributed by atoms with Crippen molar-refractivity contribution >= 4 is 23.2 Å². The molecule has 2 aromatic carbocycles. The van der Waals surface area contributed by atoms with Crippen molar-refractivity contribution in [3.8, 4) is 0 Å². The van der Waals surface area contributed by atoms with Gasteiger partial charge in [-0.1, -0.05) is 38.1 Å². The maximum absolute atomic E-state index is 11.8. The number of aliphatic imine (C=N–C) groups is 1. The standard InChI is InChI=1S/C26H37N5O/c1-5-27-26(28-18-21-11-13-23(14-12-21)30-25(32)19(2)3)29-20(4)22-9-8-10-24(17-22)31-15-6-7-16-31/h8-14,17,19-20H,5-7,15-16,18H2,1-4H3,(H,30,32)(H2,27,28,29). The molecule has 2 aromatic rings. The predicted octanol–water partition coefficient (Wildman–Crippen LogP) is 4.70. The summed E-state index contributed by atoms with van der Waals surface area (Å²) >= 11 is 0. The quantitative estimate of drug-likeness (QED) is 0.415. The normalized spacial score (nSPS) is 15.0. The molecule has 0 aromatic heterocycles. The molecule has 1 aliphatic heterocycles. The van der Waals surface area contributed by atoms with E-state index in [2.05, 4.69) is 59.0 Å². The van der Waals surface area contributed by atoms with Gasteiger partial charge in [0.05, 0.1) is 12.6 Å². The van der Waals surface area contributed by atoms with Crippen LogP contribution in [0.4, 0.5) is 11.4 Å². The summed E-state index contributed by atoms with van der Waals surface area (Å²) in [5, 5.41) is 9.80. The molecule has 1 amide bonds. The molecule has 1 aliphatic rings. The molecular weight excluding hydrogens is 398 g/mol. The molecule has 3 rings (SSSR count). The Labute approximate surface area is 192 Å². The third kappa shape index (κ3) is 6.74. The van der Waals surface area contributed by atoms with E-state index in [1.165, 1.54) is 24.1 Å². The van der Waals surface area contributed by atoms with E-state index in [1.807, 2.05) is 38.1 Å². The van der Waals surface area contributed by atoms with Crippen molar-refractivity contribution in [1.82, 2.24) is 10.6 Å². The highest BCUT2D eigenvalue weighted by Crippen LogP contribution is 2.24. The molecule has 32 heavy (non-hydrogen) atoms. The van der Waals surface area contributed by atoms with Gasteiger partial charge in [0.2, 0.25) is 5.91 Å². The van der Waals surface area contributed by atoms with Crippen molar-refractivity contribution in [1.29, 1.82) is 0 Å². The summed E-state index contributed by atoms with van der Waals surface area (Å²) in [4.78, 5) is 19.1. The summed E-state index contributed by atoms with van der Waals surface area (Å²) in [5.74, 6) is 0.784. The van der Waals surface area contributed by atoms with Crippen molar-refractivity contribution in [2.45, 2.75) is 53.1 Å². The fraction of sp³-hybridized carbons (Fsp3) is 0.462. The van der Waals surface area contributed by atoms with Gasteiger partial charge >= 0.3 is 0 Å². The molecule has 0 spiro atoms. The fourth-order valence-corrected chi connectivity index (χ4v) is 3.73. The van der Waals surface area contributed by atoms with E-state index in [1.54, 1.807) is 0 Å². The lowest BCUT2D eigenvalue weighted by Gasteiger charge is -2.22. The van der Waals surface area contributed by atoms with Gasteiger partial charge in [-0.15, -0.1) is 0 Å². The van der Waals surface area contributed by atoms with Gasteiger partial charge in [-0.2, -0.15) is 0 Å². The molecule has 0 radical (unpaired) electrons. The maximum Gasteiger partial charge on any atom is 0.226 e. The second-order valence-corrected chi connectivity index (χ2v) is 8.69. The van der Waals surface area contributed by atoms with Crippen LogP contribution in [0.3, 0.4) is 0 Å².